The summed E-state index contributed by atoms with van der Waals surface area (Å²) in [5.74, 6) is 0. The summed E-state index contributed by atoms with van der Waals surface area (Å²) in [7, 11) is 0. The van der Waals surface area contributed by atoms with Gasteiger partial charge in [0.25, 0.3) is 5.69 Å². The van der Waals surface area contributed by atoms with Gasteiger partial charge in [0.2, 0.25) is 0 Å². The lowest BCUT2D eigenvalue weighted by molar-refractivity contribution is -0.384. The Kier molecular flexibility index (Phi) is 4.39. The van der Waals surface area contributed by atoms with E-state index in [2.05, 4.69) is 12.2 Å². The summed E-state index contributed by atoms with van der Waals surface area (Å²) >= 11 is 6.07. The minimum atomic E-state index is -0.411. The fraction of sp³-hybridized carbons (Fsp3) is 0.538. The highest BCUT2D eigenvalue weighted by atomic mass is 35.5. The number of nitro groups is 1. The van der Waals surface area contributed by atoms with Gasteiger partial charge >= 0.3 is 0 Å². The number of rotatable bonds is 4. The fourth-order valence-corrected chi connectivity index (χ4v) is 2.38. The Hall–Kier alpha value is -1.17. The first-order chi connectivity index (χ1) is 9.00. The molecule has 0 aromatic heterocycles. The molecule has 1 aliphatic heterocycles. The van der Waals surface area contributed by atoms with Crippen LogP contribution in [-0.2, 0) is 11.3 Å². The van der Waals surface area contributed by atoms with Crippen LogP contribution in [0.3, 0.4) is 0 Å². The van der Waals surface area contributed by atoms with Crippen LogP contribution in [0.2, 0.25) is 5.02 Å². The van der Waals surface area contributed by atoms with Gasteiger partial charge in [-0.2, -0.15) is 0 Å². The van der Waals surface area contributed by atoms with E-state index in [4.69, 9.17) is 16.3 Å². The molecule has 1 heterocycles. The van der Waals surface area contributed by atoms with E-state index in [0.29, 0.717) is 18.2 Å². The Bertz CT molecular complexity index is 473. The SMILES string of the molecule is CC1(NCc2cc([N+](=O)[O-])ccc2Cl)CCCOC1. The second-order valence-electron chi connectivity index (χ2n) is 5.10. The summed E-state index contributed by atoms with van der Waals surface area (Å²) < 4.78 is 5.46. The summed E-state index contributed by atoms with van der Waals surface area (Å²) in [5, 5.41) is 14.7. The van der Waals surface area contributed by atoms with E-state index in [1.54, 1.807) is 6.07 Å². The lowest BCUT2D eigenvalue weighted by Crippen LogP contribution is -2.48. The highest BCUT2D eigenvalue weighted by Gasteiger charge is 2.27. The van der Waals surface area contributed by atoms with E-state index >= 15 is 0 Å². The van der Waals surface area contributed by atoms with Gasteiger partial charge in [-0.15, -0.1) is 0 Å². The molecule has 0 amide bonds. The highest BCUT2D eigenvalue weighted by Crippen LogP contribution is 2.24. The minimum Gasteiger partial charge on any atom is -0.380 e. The second-order valence-corrected chi connectivity index (χ2v) is 5.51. The molecule has 0 aliphatic carbocycles. The van der Waals surface area contributed by atoms with Crippen molar-refractivity contribution in [3.8, 4) is 0 Å². The number of nitro benzene ring substituents is 1. The average molecular weight is 285 g/mol. The van der Waals surface area contributed by atoms with Crippen LogP contribution < -0.4 is 5.32 Å². The smallest absolute Gasteiger partial charge is 0.269 e. The lowest BCUT2D eigenvalue weighted by atomic mass is 9.94. The van der Waals surface area contributed by atoms with Crippen molar-refractivity contribution in [3.63, 3.8) is 0 Å². The lowest BCUT2D eigenvalue weighted by Gasteiger charge is -2.34. The minimum absolute atomic E-state index is 0.0613. The predicted molar refractivity (Wildman–Crippen MR) is 73.4 cm³/mol. The number of nitrogens with one attached hydrogen (secondary N) is 1. The standard InChI is InChI=1S/C13H17ClN2O3/c1-13(5-2-6-19-9-13)15-8-10-7-11(16(17)18)3-4-12(10)14/h3-4,7,15H,2,5-6,8-9H2,1H3. The van der Waals surface area contributed by atoms with E-state index in [-0.39, 0.29) is 11.2 Å². The Morgan fingerprint density at radius 1 is 1.58 bits per heavy atom. The van der Waals surface area contributed by atoms with Crippen molar-refractivity contribution in [2.45, 2.75) is 31.8 Å². The van der Waals surface area contributed by atoms with Crippen molar-refractivity contribution >= 4 is 17.3 Å². The normalized spacial score (nSPS) is 23.3. The van der Waals surface area contributed by atoms with Crippen molar-refractivity contribution in [1.29, 1.82) is 0 Å². The fourth-order valence-electron chi connectivity index (χ4n) is 2.19. The summed E-state index contributed by atoms with van der Waals surface area (Å²) in [6.07, 6.45) is 2.05. The number of hydrogen-bond acceptors (Lipinski definition) is 4. The van der Waals surface area contributed by atoms with Crippen LogP contribution in [0.1, 0.15) is 25.3 Å². The van der Waals surface area contributed by atoms with E-state index in [9.17, 15) is 10.1 Å². The van der Waals surface area contributed by atoms with Crippen LogP contribution in [0.15, 0.2) is 18.2 Å². The highest BCUT2D eigenvalue weighted by molar-refractivity contribution is 6.31. The van der Waals surface area contributed by atoms with Gasteiger partial charge in [0, 0.05) is 35.8 Å². The van der Waals surface area contributed by atoms with Gasteiger partial charge in [-0.25, -0.2) is 0 Å². The first-order valence-corrected chi connectivity index (χ1v) is 6.64. The molecule has 5 nitrogen and oxygen atoms in total. The van der Waals surface area contributed by atoms with Crippen molar-refractivity contribution in [2.24, 2.45) is 0 Å². The van der Waals surface area contributed by atoms with Gasteiger partial charge < -0.3 is 10.1 Å². The first kappa shape index (κ1) is 14.2. The molecule has 2 rings (SSSR count). The van der Waals surface area contributed by atoms with Gasteiger partial charge in [0.15, 0.2) is 0 Å². The molecule has 1 fully saturated rings. The zero-order valence-corrected chi connectivity index (χ0v) is 11.6. The summed E-state index contributed by atoms with van der Waals surface area (Å²) in [4.78, 5) is 10.3. The molecule has 1 unspecified atom stereocenters. The van der Waals surface area contributed by atoms with E-state index < -0.39 is 4.92 Å². The average Bonchev–Trinajstić information content (AvgIpc) is 2.38. The molecule has 0 radical (unpaired) electrons. The van der Waals surface area contributed by atoms with Crippen LogP contribution in [0, 0.1) is 10.1 Å². The van der Waals surface area contributed by atoms with E-state index in [0.717, 1.165) is 25.0 Å². The maximum Gasteiger partial charge on any atom is 0.269 e. The quantitative estimate of drug-likeness (QED) is 0.682. The molecule has 0 saturated carbocycles. The summed E-state index contributed by atoms with van der Waals surface area (Å²) in [5.41, 5.74) is 0.709. The molecule has 19 heavy (non-hydrogen) atoms. The Labute approximate surface area is 117 Å². The number of halogens is 1. The Morgan fingerprint density at radius 2 is 2.37 bits per heavy atom. The summed E-state index contributed by atoms with van der Waals surface area (Å²) in [6.45, 7) is 4.05. The van der Waals surface area contributed by atoms with Gasteiger partial charge in [-0.3, -0.25) is 10.1 Å². The Balaban J connectivity index is 2.06. The molecular formula is C13H17ClN2O3. The number of non-ortho nitro benzene ring substituents is 1. The maximum absolute atomic E-state index is 10.8. The van der Waals surface area contributed by atoms with Gasteiger partial charge in [0.1, 0.15) is 0 Å². The van der Waals surface area contributed by atoms with Crippen molar-refractivity contribution in [1.82, 2.24) is 5.32 Å². The molecule has 1 aromatic carbocycles. The maximum atomic E-state index is 10.8. The van der Waals surface area contributed by atoms with Crippen LogP contribution in [0.25, 0.3) is 0 Å². The monoisotopic (exact) mass is 284 g/mol. The topological polar surface area (TPSA) is 64.4 Å². The summed E-state index contributed by atoms with van der Waals surface area (Å²) in [6, 6.07) is 4.50. The molecule has 1 aromatic rings. The molecule has 104 valence electrons. The third kappa shape index (κ3) is 3.65. The van der Waals surface area contributed by atoms with Crippen molar-refractivity contribution < 1.29 is 9.66 Å². The number of nitrogens with zero attached hydrogens (tertiary/aromatic N) is 1. The zero-order valence-electron chi connectivity index (χ0n) is 10.8. The van der Waals surface area contributed by atoms with Gasteiger partial charge in [0.05, 0.1) is 11.5 Å². The molecule has 1 N–H and O–H groups in total. The van der Waals surface area contributed by atoms with Crippen LogP contribution in [0.5, 0.6) is 0 Å². The van der Waals surface area contributed by atoms with Crippen molar-refractivity contribution in [3.05, 3.63) is 38.9 Å². The predicted octanol–water partition coefficient (Wildman–Crippen LogP) is 2.91. The van der Waals surface area contributed by atoms with Crippen LogP contribution in [-0.4, -0.2) is 23.7 Å². The molecular weight excluding hydrogens is 268 g/mol. The van der Waals surface area contributed by atoms with Crippen LogP contribution in [0.4, 0.5) is 5.69 Å². The van der Waals surface area contributed by atoms with Gasteiger partial charge in [-0.05, 0) is 31.4 Å². The third-order valence-corrected chi connectivity index (χ3v) is 3.75. The molecule has 1 aliphatic rings. The first-order valence-electron chi connectivity index (χ1n) is 6.26. The largest absolute Gasteiger partial charge is 0.380 e. The number of hydrogen-bond donors (Lipinski definition) is 1. The zero-order chi connectivity index (χ0) is 13.9. The number of ether oxygens (including phenoxy) is 1. The molecule has 1 atom stereocenters. The van der Waals surface area contributed by atoms with Crippen molar-refractivity contribution in [2.75, 3.05) is 13.2 Å². The molecule has 1 saturated heterocycles. The van der Waals surface area contributed by atoms with Gasteiger partial charge in [-0.1, -0.05) is 11.6 Å². The van der Waals surface area contributed by atoms with Crippen LogP contribution >= 0.6 is 11.6 Å². The Morgan fingerprint density at radius 3 is 3.00 bits per heavy atom. The third-order valence-electron chi connectivity index (χ3n) is 3.38. The molecule has 6 heteroatoms. The van der Waals surface area contributed by atoms with E-state index in [1.165, 1.54) is 12.1 Å². The number of benzene rings is 1. The molecule has 0 spiro atoms. The van der Waals surface area contributed by atoms with E-state index in [1.807, 2.05) is 0 Å². The molecule has 0 bridgehead atoms. The second kappa shape index (κ2) is 5.86.